The molecule has 7 heteroatoms. The van der Waals surface area contributed by atoms with Crippen molar-refractivity contribution in [2.45, 2.75) is 57.7 Å². The van der Waals surface area contributed by atoms with Crippen molar-refractivity contribution in [3.63, 3.8) is 0 Å². The predicted molar refractivity (Wildman–Crippen MR) is 98.7 cm³/mol. The standard InChI is InChI=1S/C19H26N4O3/c1-3-6-15-18(25)23-11-14(10-16(23)17(24)22-15)21-19(26)20-13-8-5-7-12(4-2)9-13/h5,7-9,14-16H,3-4,6,10-11H2,1-2H3,(H,22,24)(H2,20,21,26)/t14-,15-,16-/m0/s1. The number of fused-ring (bicyclic) bond motifs is 1. The number of carbonyl (C=O) groups excluding carboxylic acids is 3. The second-order valence-corrected chi connectivity index (χ2v) is 6.94. The summed E-state index contributed by atoms with van der Waals surface area (Å²) in [6.07, 6.45) is 2.81. The van der Waals surface area contributed by atoms with Gasteiger partial charge in [0.25, 0.3) is 0 Å². The molecule has 3 atom stereocenters. The molecule has 3 N–H and O–H groups in total. The monoisotopic (exact) mass is 358 g/mol. The highest BCUT2D eigenvalue weighted by atomic mass is 16.2. The van der Waals surface area contributed by atoms with Crippen molar-refractivity contribution in [3.8, 4) is 0 Å². The molecule has 0 saturated carbocycles. The first kappa shape index (κ1) is 18.2. The Labute approximate surface area is 153 Å². The third-order valence-corrected chi connectivity index (χ3v) is 5.01. The molecule has 0 radical (unpaired) electrons. The molecule has 26 heavy (non-hydrogen) atoms. The van der Waals surface area contributed by atoms with Crippen LogP contribution < -0.4 is 16.0 Å². The SMILES string of the molecule is CCC[C@@H]1NC(=O)[C@@H]2C[C@H](NC(=O)Nc3cccc(CC)c3)CN2C1=O. The third kappa shape index (κ3) is 3.81. The zero-order chi connectivity index (χ0) is 18.7. The van der Waals surface area contributed by atoms with Crippen molar-refractivity contribution in [1.29, 1.82) is 0 Å². The third-order valence-electron chi connectivity index (χ3n) is 5.01. The molecule has 2 heterocycles. The van der Waals surface area contributed by atoms with Crippen LogP contribution in [0.25, 0.3) is 0 Å². The Morgan fingerprint density at radius 3 is 2.85 bits per heavy atom. The maximum atomic E-state index is 12.5. The van der Waals surface area contributed by atoms with Crippen LogP contribution in [0, 0.1) is 0 Å². The van der Waals surface area contributed by atoms with Crippen LogP contribution in [0.5, 0.6) is 0 Å². The molecule has 140 valence electrons. The Hall–Kier alpha value is -2.57. The highest BCUT2D eigenvalue weighted by molar-refractivity contribution is 5.98. The average molecular weight is 358 g/mol. The normalized spacial score (nSPS) is 24.8. The zero-order valence-corrected chi connectivity index (χ0v) is 15.2. The maximum absolute atomic E-state index is 12.5. The number of benzene rings is 1. The number of nitrogens with one attached hydrogen (secondary N) is 3. The number of hydrogen-bond acceptors (Lipinski definition) is 3. The number of hydrogen-bond donors (Lipinski definition) is 3. The van der Waals surface area contributed by atoms with E-state index in [1.807, 2.05) is 31.2 Å². The summed E-state index contributed by atoms with van der Waals surface area (Å²) in [5, 5.41) is 8.51. The molecule has 0 spiro atoms. The minimum Gasteiger partial charge on any atom is -0.343 e. The van der Waals surface area contributed by atoms with Crippen molar-refractivity contribution in [1.82, 2.24) is 15.5 Å². The number of aryl methyl sites for hydroxylation is 1. The van der Waals surface area contributed by atoms with E-state index in [1.165, 1.54) is 0 Å². The first-order valence-corrected chi connectivity index (χ1v) is 9.29. The van der Waals surface area contributed by atoms with Gasteiger partial charge in [0, 0.05) is 12.2 Å². The lowest BCUT2D eigenvalue weighted by atomic mass is 10.0. The maximum Gasteiger partial charge on any atom is 0.319 e. The first-order chi connectivity index (χ1) is 12.5. The fourth-order valence-corrected chi connectivity index (χ4v) is 3.67. The summed E-state index contributed by atoms with van der Waals surface area (Å²) in [7, 11) is 0. The molecule has 0 bridgehead atoms. The van der Waals surface area contributed by atoms with E-state index in [4.69, 9.17) is 0 Å². The van der Waals surface area contributed by atoms with E-state index in [2.05, 4.69) is 22.9 Å². The molecule has 2 aliphatic rings. The number of anilines is 1. The number of nitrogens with zero attached hydrogens (tertiary/aromatic N) is 1. The Bertz CT molecular complexity index is 706. The van der Waals surface area contributed by atoms with Gasteiger partial charge >= 0.3 is 6.03 Å². The lowest BCUT2D eigenvalue weighted by Crippen LogP contribution is -2.61. The van der Waals surface area contributed by atoms with Crippen LogP contribution in [0.1, 0.15) is 38.7 Å². The second kappa shape index (κ2) is 7.76. The van der Waals surface area contributed by atoms with Crippen LogP contribution in [-0.2, 0) is 16.0 Å². The van der Waals surface area contributed by atoms with Gasteiger partial charge in [-0.25, -0.2) is 4.79 Å². The van der Waals surface area contributed by atoms with Crippen LogP contribution in [0.2, 0.25) is 0 Å². The molecule has 0 unspecified atom stereocenters. The van der Waals surface area contributed by atoms with Gasteiger partial charge < -0.3 is 20.9 Å². The molecule has 3 rings (SSSR count). The fourth-order valence-electron chi connectivity index (χ4n) is 3.67. The minimum atomic E-state index is -0.482. The Morgan fingerprint density at radius 2 is 2.12 bits per heavy atom. The summed E-state index contributed by atoms with van der Waals surface area (Å²) in [6.45, 7) is 4.42. The molecular formula is C19H26N4O3. The molecule has 2 saturated heterocycles. The predicted octanol–water partition coefficient (Wildman–Crippen LogP) is 1.64. The lowest BCUT2D eigenvalue weighted by molar-refractivity contribution is -0.147. The van der Waals surface area contributed by atoms with Crippen molar-refractivity contribution < 1.29 is 14.4 Å². The molecular weight excluding hydrogens is 332 g/mol. The van der Waals surface area contributed by atoms with Crippen LogP contribution in [0.15, 0.2) is 24.3 Å². The van der Waals surface area contributed by atoms with E-state index in [0.717, 1.165) is 24.1 Å². The highest BCUT2D eigenvalue weighted by Gasteiger charge is 2.46. The van der Waals surface area contributed by atoms with Gasteiger partial charge in [-0.15, -0.1) is 0 Å². The van der Waals surface area contributed by atoms with E-state index in [-0.39, 0.29) is 23.9 Å². The molecule has 0 aliphatic carbocycles. The van der Waals surface area contributed by atoms with Gasteiger partial charge in [0.05, 0.1) is 6.04 Å². The number of piperazine rings is 1. The molecule has 1 aromatic rings. The number of carbonyl (C=O) groups is 3. The number of rotatable bonds is 5. The summed E-state index contributed by atoms with van der Waals surface area (Å²) in [6, 6.07) is 6.21. The Kier molecular flexibility index (Phi) is 5.44. The van der Waals surface area contributed by atoms with Gasteiger partial charge in [-0.05, 0) is 37.0 Å². The fraction of sp³-hybridized carbons (Fsp3) is 0.526. The van der Waals surface area contributed by atoms with Crippen molar-refractivity contribution in [3.05, 3.63) is 29.8 Å². The smallest absolute Gasteiger partial charge is 0.319 e. The van der Waals surface area contributed by atoms with Gasteiger partial charge in [0.2, 0.25) is 11.8 Å². The van der Waals surface area contributed by atoms with E-state index in [9.17, 15) is 14.4 Å². The van der Waals surface area contributed by atoms with Crippen LogP contribution >= 0.6 is 0 Å². The van der Waals surface area contributed by atoms with Gasteiger partial charge in [-0.1, -0.05) is 32.4 Å². The van der Waals surface area contributed by atoms with E-state index in [0.29, 0.717) is 19.4 Å². The van der Waals surface area contributed by atoms with Crippen LogP contribution in [0.4, 0.5) is 10.5 Å². The minimum absolute atomic E-state index is 0.0446. The Morgan fingerprint density at radius 1 is 1.31 bits per heavy atom. The molecule has 4 amide bonds. The number of urea groups is 1. The van der Waals surface area contributed by atoms with Gasteiger partial charge in [0.15, 0.2) is 0 Å². The summed E-state index contributed by atoms with van der Waals surface area (Å²) < 4.78 is 0. The lowest BCUT2D eigenvalue weighted by Gasteiger charge is -2.34. The molecule has 1 aromatic carbocycles. The largest absolute Gasteiger partial charge is 0.343 e. The molecule has 7 nitrogen and oxygen atoms in total. The van der Waals surface area contributed by atoms with E-state index >= 15 is 0 Å². The molecule has 0 aromatic heterocycles. The Balaban J connectivity index is 1.59. The van der Waals surface area contributed by atoms with Crippen LogP contribution in [0.3, 0.4) is 0 Å². The number of amides is 4. The van der Waals surface area contributed by atoms with Gasteiger partial charge in [-0.2, -0.15) is 0 Å². The van der Waals surface area contributed by atoms with Gasteiger partial charge in [-0.3, -0.25) is 9.59 Å². The summed E-state index contributed by atoms with van der Waals surface area (Å²) in [4.78, 5) is 38.7. The average Bonchev–Trinajstić information content (AvgIpc) is 3.04. The van der Waals surface area contributed by atoms with Gasteiger partial charge in [0.1, 0.15) is 12.1 Å². The van der Waals surface area contributed by atoms with E-state index < -0.39 is 12.1 Å². The van der Waals surface area contributed by atoms with E-state index in [1.54, 1.807) is 4.90 Å². The second-order valence-electron chi connectivity index (χ2n) is 6.94. The quantitative estimate of drug-likeness (QED) is 0.747. The topological polar surface area (TPSA) is 90.5 Å². The van der Waals surface area contributed by atoms with Crippen molar-refractivity contribution in [2.24, 2.45) is 0 Å². The van der Waals surface area contributed by atoms with Crippen molar-refractivity contribution >= 4 is 23.5 Å². The summed E-state index contributed by atoms with van der Waals surface area (Å²) in [5.74, 6) is -0.166. The summed E-state index contributed by atoms with van der Waals surface area (Å²) in [5.41, 5.74) is 1.87. The van der Waals surface area contributed by atoms with Crippen LogP contribution in [-0.4, -0.2) is 47.4 Å². The first-order valence-electron chi connectivity index (χ1n) is 9.29. The highest BCUT2D eigenvalue weighted by Crippen LogP contribution is 2.24. The van der Waals surface area contributed by atoms with Crippen molar-refractivity contribution in [2.75, 3.05) is 11.9 Å². The summed E-state index contributed by atoms with van der Waals surface area (Å²) >= 11 is 0. The zero-order valence-electron chi connectivity index (χ0n) is 15.2. The molecule has 2 aliphatic heterocycles. The molecule has 2 fully saturated rings.